The third-order valence-corrected chi connectivity index (χ3v) is 4.10. The summed E-state index contributed by atoms with van der Waals surface area (Å²) in [6.07, 6.45) is 3.11. The molecule has 2 heteroatoms. The van der Waals surface area contributed by atoms with Gasteiger partial charge in [-0.05, 0) is 31.7 Å². The summed E-state index contributed by atoms with van der Waals surface area (Å²) < 4.78 is 0. The maximum absolute atomic E-state index is 12.6. The van der Waals surface area contributed by atoms with E-state index in [4.69, 9.17) is 0 Å². The lowest BCUT2D eigenvalue weighted by Crippen LogP contribution is -2.41. The highest BCUT2D eigenvalue weighted by atomic mass is 16.2. The highest BCUT2D eigenvalue weighted by molar-refractivity contribution is 5.85. The van der Waals surface area contributed by atoms with Crippen molar-refractivity contribution in [1.29, 1.82) is 0 Å². The molecule has 18 heavy (non-hydrogen) atoms. The first kappa shape index (κ1) is 13.1. The lowest BCUT2D eigenvalue weighted by Gasteiger charge is -2.31. The van der Waals surface area contributed by atoms with Crippen LogP contribution in [0.1, 0.15) is 45.6 Å². The van der Waals surface area contributed by atoms with Crippen LogP contribution >= 0.6 is 0 Å². The second-order valence-electron chi connectivity index (χ2n) is 5.74. The molecule has 1 fully saturated rings. The molecule has 1 atom stereocenters. The van der Waals surface area contributed by atoms with Gasteiger partial charge in [-0.25, -0.2) is 0 Å². The van der Waals surface area contributed by atoms with E-state index in [1.807, 2.05) is 18.2 Å². The molecule has 98 valence electrons. The Morgan fingerprint density at radius 2 is 1.94 bits per heavy atom. The summed E-state index contributed by atoms with van der Waals surface area (Å²) in [7, 11) is 0. The highest BCUT2D eigenvalue weighted by Crippen LogP contribution is 2.47. The minimum atomic E-state index is -0.0712. The molecule has 0 saturated heterocycles. The van der Waals surface area contributed by atoms with Gasteiger partial charge in [-0.15, -0.1) is 0 Å². The summed E-state index contributed by atoms with van der Waals surface area (Å²) in [6, 6.07) is 10.6. The van der Waals surface area contributed by atoms with Crippen molar-refractivity contribution in [2.75, 3.05) is 0 Å². The highest BCUT2D eigenvalue weighted by Gasteiger charge is 2.47. The molecule has 1 aromatic carbocycles. The SMILES string of the molecule is CCC(C)N(Cc1ccccc1)C(=O)C1(C)CC1. The largest absolute Gasteiger partial charge is 0.335 e. The summed E-state index contributed by atoms with van der Waals surface area (Å²) in [4.78, 5) is 14.6. The Balaban J connectivity index is 2.13. The molecule has 1 saturated carbocycles. The zero-order valence-electron chi connectivity index (χ0n) is 11.6. The van der Waals surface area contributed by atoms with Crippen LogP contribution < -0.4 is 0 Å². The molecule has 0 spiro atoms. The second kappa shape index (κ2) is 5.13. The predicted octanol–water partition coefficient (Wildman–Crippen LogP) is 3.61. The van der Waals surface area contributed by atoms with Crippen LogP contribution in [0.4, 0.5) is 0 Å². The maximum Gasteiger partial charge on any atom is 0.229 e. The molecular weight excluding hydrogens is 222 g/mol. The van der Waals surface area contributed by atoms with E-state index in [9.17, 15) is 4.79 Å². The molecule has 1 unspecified atom stereocenters. The van der Waals surface area contributed by atoms with E-state index in [1.165, 1.54) is 5.56 Å². The van der Waals surface area contributed by atoms with Crippen molar-refractivity contribution in [3.05, 3.63) is 35.9 Å². The van der Waals surface area contributed by atoms with Crippen LogP contribution in [0.2, 0.25) is 0 Å². The first-order valence-corrected chi connectivity index (χ1v) is 6.92. The minimum Gasteiger partial charge on any atom is -0.335 e. The van der Waals surface area contributed by atoms with Gasteiger partial charge in [0.15, 0.2) is 0 Å². The van der Waals surface area contributed by atoms with Crippen LogP contribution in [0, 0.1) is 5.41 Å². The van der Waals surface area contributed by atoms with Crippen LogP contribution in [-0.4, -0.2) is 16.8 Å². The summed E-state index contributed by atoms with van der Waals surface area (Å²) in [5, 5.41) is 0. The van der Waals surface area contributed by atoms with Crippen LogP contribution in [0.5, 0.6) is 0 Å². The van der Waals surface area contributed by atoms with Crippen LogP contribution in [0.25, 0.3) is 0 Å². The second-order valence-corrected chi connectivity index (χ2v) is 5.74. The molecule has 0 aliphatic heterocycles. The number of carbonyl (C=O) groups excluding carboxylic acids is 1. The van der Waals surface area contributed by atoms with Gasteiger partial charge < -0.3 is 4.90 Å². The Morgan fingerprint density at radius 3 is 2.44 bits per heavy atom. The topological polar surface area (TPSA) is 20.3 Å². The number of hydrogen-bond acceptors (Lipinski definition) is 1. The fourth-order valence-corrected chi connectivity index (χ4v) is 2.18. The van der Waals surface area contributed by atoms with Gasteiger partial charge in [-0.2, -0.15) is 0 Å². The first-order valence-electron chi connectivity index (χ1n) is 6.92. The van der Waals surface area contributed by atoms with Gasteiger partial charge in [0.1, 0.15) is 0 Å². The van der Waals surface area contributed by atoms with E-state index in [0.29, 0.717) is 11.9 Å². The molecule has 0 aromatic heterocycles. The van der Waals surface area contributed by atoms with Gasteiger partial charge in [0.2, 0.25) is 5.91 Å². The number of rotatable bonds is 5. The van der Waals surface area contributed by atoms with Gasteiger partial charge in [0, 0.05) is 18.0 Å². The van der Waals surface area contributed by atoms with Gasteiger partial charge in [0.05, 0.1) is 0 Å². The van der Waals surface area contributed by atoms with Crippen molar-refractivity contribution in [3.63, 3.8) is 0 Å². The number of benzene rings is 1. The molecule has 2 rings (SSSR count). The van der Waals surface area contributed by atoms with Crippen molar-refractivity contribution >= 4 is 5.91 Å². The Kier molecular flexibility index (Phi) is 3.74. The first-order chi connectivity index (χ1) is 8.57. The van der Waals surface area contributed by atoms with Gasteiger partial charge in [0.25, 0.3) is 0 Å². The van der Waals surface area contributed by atoms with Gasteiger partial charge >= 0.3 is 0 Å². The average Bonchev–Trinajstić information content (AvgIpc) is 3.15. The maximum atomic E-state index is 12.6. The summed E-state index contributed by atoms with van der Waals surface area (Å²) in [5.41, 5.74) is 1.15. The molecule has 0 heterocycles. The molecule has 1 aliphatic carbocycles. The Morgan fingerprint density at radius 1 is 1.33 bits per heavy atom. The molecular formula is C16H23NO. The van der Waals surface area contributed by atoms with Gasteiger partial charge in [-0.3, -0.25) is 4.79 Å². The summed E-state index contributed by atoms with van der Waals surface area (Å²) in [6.45, 7) is 7.12. The normalized spacial score (nSPS) is 18.2. The standard InChI is InChI=1S/C16H23NO/c1-4-13(2)17(15(18)16(3)10-11-16)12-14-8-6-5-7-9-14/h5-9,13H,4,10-12H2,1-3H3. The zero-order valence-corrected chi connectivity index (χ0v) is 11.6. The lowest BCUT2D eigenvalue weighted by molar-refractivity contribution is -0.139. The third-order valence-electron chi connectivity index (χ3n) is 4.10. The molecule has 0 radical (unpaired) electrons. The minimum absolute atomic E-state index is 0.0712. The summed E-state index contributed by atoms with van der Waals surface area (Å²) >= 11 is 0. The van der Waals surface area contributed by atoms with Crippen molar-refractivity contribution < 1.29 is 4.79 Å². The van der Waals surface area contributed by atoms with E-state index in [1.54, 1.807) is 0 Å². The van der Waals surface area contributed by atoms with E-state index in [0.717, 1.165) is 25.8 Å². The van der Waals surface area contributed by atoms with Crippen LogP contribution in [-0.2, 0) is 11.3 Å². The van der Waals surface area contributed by atoms with Crippen molar-refractivity contribution in [2.24, 2.45) is 5.41 Å². The third kappa shape index (κ3) is 2.74. The predicted molar refractivity (Wildman–Crippen MR) is 74.1 cm³/mol. The van der Waals surface area contributed by atoms with E-state index in [-0.39, 0.29) is 5.41 Å². The molecule has 0 N–H and O–H groups in total. The number of hydrogen-bond donors (Lipinski definition) is 0. The number of nitrogens with zero attached hydrogens (tertiary/aromatic N) is 1. The molecule has 2 nitrogen and oxygen atoms in total. The Hall–Kier alpha value is -1.31. The fraction of sp³-hybridized carbons (Fsp3) is 0.562. The van der Waals surface area contributed by atoms with Crippen molar-refractivity contribution in [2.45, 2.75) is 52.6 Å². The fourth-order valence-electron chi connectivity index (χ4n) is 2.18. The van der Waals surface area contributed by atoms with Crippen molar-refractivity contribution in [3.8, 4) is 0 Å². The summed E-state index contributed by atoms with van der Waals surface area (Å²) in [5.74, 6) is 0.334. The lowest BCUT2D eigenvalue weighted by atomic mass is 10.0. The molecule has 1 aliphatic rings. The smallest absolute Gasteiger partial charge is 0.229 e. The molecule has 0 bridgehead atoms. The monoisotopic (exact) mass is 245 g/mol. The quantitative estimate of drug-likeness (QED) is 0.776. The van der Waals surface area contributed by atoms with E-state index in [2.05, 4.69) is 37.8 Å². The van der Waals surface area contributed by atoms with Crippen LogP contribution in [0.15, 0.2) is 30.3 Å². The molecule has 1 aromatic rings. The zero-order chi connectivity index (χ0) is 13.2. The van der Waals surface area contributed by atoms with Gasteiger partial charge in [-0.1, -0.05) is 44.2 Å². The Bertz CT molecular complexity index is 408. The Labute approximate surface area is 110 Å². The number of amides is 1. The molecule has 1 amide bonds. The van der Waals surface area contributed by atoms with E-state index < -0.39 is 0 Å². The average molecular weight is 245 g/mol. The number of carbonyl (C=O) groups is 1. The van der Waals surface area contributed by atoms with Crippen LogP contribution in [0.3, 0.4) is 0 Å². The van der Waals surface area contributed by atoms with E-state index >= 15 is 0 Å². The van der Waals surface area contributed by atoms with Crippen molar-refractivity contribution in [1.82, 2.24) is 4.90 Å².